The highest BCUT2D eigenvalue weighted by molar-refractivity contribution is 6.45. The van der Waals surface area contributed by atoms with Gasteiger partial charge in [-0.3, -0.25) is 10.8 Å². The number of nitrogens with zero attached hydrogens (tertiary/aromatic N) is 2. The van der Waals surface area contributed by atoms with Crippen molar-refractivity contribution in [3.8, 4) is 11.8 Å². The van der Waals surface area contributed by atoms with E-state index in [1.165, 1.54) is 18.2 Å². The molecular formula is C10H9F2N5O. The number of amidine groups is 1. The first kappa shape index (κ1) is 13.4. The van der Waals surface area contributed by atoms with Gasteiger partial charge in [-0.1, -0.05) is 12.1 Å². The van der Waals surface area contributed by atoms with Crippen molar-refractivity contribution < 1.29 is 13.5 Å². The maximum Gasteiger partial charge on any atom is 0.387 e. The van der Waals surface area contributed by atoms with E-state index in [2.05, 4.69) is 15.3 Å². The van der Waals surface area contributed by atoms with Crippen LogP contribution in [0, 0.1) is 16.7 Å². The van der Waals surface area contributed by atoms with E-state index < -0.39 is 12.4 Å². The van der Waals surface area contributed by atoms with Gasteiger partial charge in [0.15, 0.2) is 11.6 Å². The van der Waals surface area contributed by atoms with Crippen LogP contribution in [0.1, 0.15) is 0 Å². The minimum Gasteiger partial charge on any atom is -0.433 e. The summed E-state index contributed by atoms with van der Waals surface area (Å²) in [7, 11) is 0. The molecule has 0 amide bonds. The lowest BCUT2D eigenvalue weighted by Crippen LogP contribution is -2.22. The summed E-state index contributed by atoms with van der Waals surface area (Å²) in [5.41, 5.74) is 7.18. The fourth-order valence-corrected chi connectivity index (χ4v) is 1.02. The van der Waals surface area contributed by atoms with Gasteiger partial charge in [-0.05, 0) is 12.1 Å². The van der Waals surface area contributed by atoms with Crippen molar-refractivity contribution in [3.63, 3.8) is 0 Å². The first-order valence-corrected chi connectivity index (χ1v) is 4.66. The van der Waals surface area contributed by atoms with Crippen molar-refractivity contribution in [1.29, 1.82) is 10.7 Å². The Kier molecular flexibility index (Phi) is 4.57. The Hall–Kier alpha value is -2.69. The highest BCUT2D eigenvalue weighted by Crippen LogP contribution is 2.25. The number of alkyl halides is 2. The van der Waals surface area contributed by atoms with Gasteiger partial charge in [0.1, 0.15) is 6.07 Å². The predicted molar refractivity (Wildman–Crippen MR) is 61.7 cm³/mol. The highest BCUT2D eigenvalue weighted by Gasteiger charge is 2.09. The molecule has 1 aromatic carbocycles. The Balaban J connectivity index is 2.91. The molecule has 0 atom stereocenters. The lowest BCUT2D eigenvalue weighted by Gasteiger charge is -2.09. The molecule has 4 N–H and O–H groups in total. The molecule has 0 aliphatic carbocycles. The molecular weight excluding hydrogens is 244 g/mol. The van der Waals surface area contributed by atoms with E-state index in [4.69, 9.17) is 16.4 Å². The number of nitrogens with one attached hydrogen (secondary N) is 2. The van der Waals surface area contributed by atoms with Gasteiger partial charge >= 0.3 is 6.61 Å². The molecule has 0 aromatic heterocycles. The van der Waals surface area contributed by atoms with Gasteiger partial charge in [-0.25, -0.2) is 0 Å². The number of benzene rings is 1. The number of nitriles is 1. The molecule has 0 unspecified atom stereocenters. The number of hydrogen-bond acceptors (Lipinski definition) is 5. The van der Waals surface area contributed by atoms with Crippen molar-refractivity contribution >= 4 is 17.2 Å². The maximum atomic E-state index is 12.1. The van der Waals surface area contributed by atoms with Gasteiger partial charge in [-0.2, -0.15) is 19.1 Å². The molecule has 0 saturated heterocycles. The SMILES string of the molecule is N#C/C(=N\Nc1ccccc1OC(F)F)C(=N)N. The molecule has 8 heteroatoms. The fraction of sp³-hybridized carbons (Fsp3) is 0.100. The number of hydrogen-bond donors (Lipinski definition) is 3. The first-order chi connectivity index (χ1) is 8.54. The zero-order chi connectivity index (χ0) is 13.5. The summed E-state index contributed by atoms with van der Waals surface area (Å²) >= 11 is 0. The third-order valence-electron chi connectivity index (χ3n) is 1.75. The van der Waals surface area contributed by atoms with E-state index in [1.807, 2.05) is 0 Å². The van der Waals surface area contributed by atoms with Crippen LogP contribution in [-0.2, 0) is 0 Å². The largest absolute Gasteiger partial charge is 0.433 e. The normalized spacial score (nSPS) is 10.9. The van der Waals surface area contributed by atoms with Crippen LogP contribution in [0.5, 0.6) is 5.75 Å². The molecule has 0 radical (unpaired) electrons. The number of anilines is 1. The molecule has 18 heavy (non-hydrogen) atoms. The van der Waals surface area contributed by atoms with Crippen LogP contribution in [0.4, 0.5) is 14.5 Å². The Morgan fingerprint density at radius 2 is 2.17 bits per heavy atom. The number of para-hydroxylation sites is 2. The van der Waals surface area contributed by atoms with Crippen LogP contribution < -0.4 is 15.9 Å². The average Bonchev–Trinajstić information content (AvgIpc) is 2.30. The van der Waals surface area contributed by atoms with Gasteiger partial charge in [0.25, 0.3) is 0 Å². The molecule has 94 valence electrons. The smallest absolute Gasteiger partial charge is 0.387 e. The van der Waals surface area contributed by atoms with Crippen LogP contribution in [0.25, 0.3) is 0 Å². The van der Waals surface area contributed by atoms with Crippen molar-refractivity contribution in [3.05, 3.63) is 24.3 Å². The standard InChI is InChI=1S/C10H9F2N5O/c11-10(12)18-8-4-2-1-3-6(8)16-17-7(5-13)9(14)15/h1-4,10,16H,(H3,14,15)/b17-7+. The summed E-state index contributed by atoms with van der Waals surface area (Å²) in [6.45, 7) is -2.97. The Labute approximate surface area is 101 Å². The molecule has 0 spiro atoms. The second-order valence-corrected chi connectivity index (χ2v) is 2.97. The average molecular weight is 253 g/mol. The Morgan fingerprint density at radius 3 is 2.72 bits per heavy atom. The minimum atomic E-state index is -2.97. The van der Waals surface area contributed by atoms with Crippen LogP contribution in [-0.4, -0.2) is 18.2 Å². The molecule has 6 nitrogen and oxygen atoms in total. The lowest BCUT2D eigenvalue weighted by atomic mass is 10.3. The molecule has 0 aliphatic heterocycles. The van der Waals surface area contributed by atoms with Crippen molar-refractivity contribution in [1.82, 2.24) is 0 Å². The summed E-state index contributed by atoms with van der Waals surface area (Å²) in [5.74, 6) is -0.658. The van der Waals surface area contributed by atoms with E-state index in [1.54, 1.807) is 12.1 Å². The number of nitrogens with two attached hydrogens (primary N) is 1. The van der Waals surface area contributed by atoms with Gasteiger partial charge in [-0.15, -0.1) is 0 Å². The van der Waals surface area contributed by atoms with E-state index in [0.29, 0.717) is 0 Å². The molecule has 0 heterocycles. The number of hydrazone groups is 1. The summed E-state index contributed by atoms with van der Waals surface area (Å²) in [4.78, 5) is 0. The number of rotatable bonds is 5. The summed E-state index contributed by atoms with van der Waals surface area (Å²) in [5, 5.41) is 19.1. The molecule has 0 fully saturated rings. The lowest BCUT2D eigenvalue weighted by molar-refractivity contribution is -0.0493. The zero-order valence-corrected chi connectivity index (χ0v) is 9.02. The number of ether oxygens (including phenoxy) is 1. The monoisotopic (exact) mass is 253 g/mol. The molecule has 1 rings (SSSR count). The van der Waals surface area contributed by atoms with Gasteiger partial charge < -0.3 is 10.5 Å². The first-order valence-electron chi connectivity index (χ1n) is 4.66. The second-order valence-electron chi connectivity index (χ2n) is 2.97. The highest BCUT2D eigenvalue weighted by atomic mass is 19.3. The van der Waals surface area contributed by atoms with Crippen LogP contribution in [0.3, 0.4) is 0 Å². The zero-order valence-electron chi connectivity index (χ0n) is 9.02. The van der Waals surface area contributed by atoms with Crippen molar-refractivity contribution in [2.45, 2.75) is 6.61 Å². The fourth-order valence-electron chi connectivity index (χ4n) is 1.02. The van der Waals surface area contributed by atoms with Crippen LogP contribution in [0.15, 0.2) is 29.4 Å². The Bertz CT molecular complexity index is 509. The van der Waals surface area contributed by atoms with Crippen molar-refractivity contribution in [2.24, 2.45) is 10.8 Å². The quantitative estimate of drug-likeness (QED) is 0.420. The van der Waals surface area contributed by atoms with Gasteiger partial charge in [0.05, 0.1) is 5.69 Å². The minimum absolute atomic E-state index is 0.128. The third-order valence-corrected chi connectivity index (χ3v) is 1.75. The molecule has 0 aliphatic rings. The summed E-state index contributed by atoms with van der Waals surface area (Å²) < 4.78 is 28.4. The summed E-state index contributed by atoms with van der Waals surface area (Å²) in [6, 6.07) is 7.39. The maximum absolute atomic E-state index is 12.1. The third kappa shape index (κ3) is 3.71. The van der Waals surface area contributed by atoms with E-state index in [-0.39, 0.29) is 17.1 Å². The van der Waals surface area contributed by atoms with Gasteiger partial charge in [0.2, 0.25) is 5.71 Å². The van der Waals surface area contributed by atoms with Gasteiger partial charge in [0, 0.05) is 0 Å². The van der Waals surface area contributed by atoms with Crippen molar-refractivity contribution in [2.75, 3.05) is 5.43 Å². The van der Waals surface area contributed by atoms with E-state index >= 15 is 0 Å². The second kappa shape index (κ2) is 6.15. The number of halogens is 2. The molecule has 0 saturated carbocycles. The van der Waals surface area contributed by atoms with E-state index in [0.717, 1.165) is 0 Å². The van der Waals surface area contributed by atoms with E-state index in [9.17, 15) is 8.78 Å². The van der Waals surface area contributed by atoms with Crippen LogP contribution in [0.2, 0.25) is 0 Å². The van der Waals surface area contributed by atoms with Crippen LogP contribution >= 0.6 is 0 Å². The summed E-state index contributed by atoms with van der Waals surface area (Å²) in [6.07, 6.45) is 0. The molecule has 1 aromatic rings. The Morgan fingerprint density at radius 1 is 1.50 bits per heavy atom. The molecule has 0 bridgehead atoms. The topological polar surface area (TPSA) is 107 Å². The predicted octanol–water partition coefficient (Wildman–Crippen LogP) is 1.52.